The van der Waals surface area contributed by atoms with Crippen LogP contribution in [-0.4, -0.2) is 59.7 Å². The minimum atomic E-state index is -0.526. The minimum Gasteiger partial charge on any atom is -0.341 e. The highest BCUT2D eigenvalue weighted by Gasteiger charge is 2.37. The lowest BCUT2D eigenvalue weighted by atomic mass is 9.88. The second-order valence-corrected chi connectivity index (χ2v) is 9.46. The van der Waals surface area contributed by atoms with E-state index < -0.39 is 6.04 Å². The Kier molecular flexibility index (Phi) is 6.30. The molecule has 2 aromatic rings. The fourth-order valence-corrected chi connectivity index (χ4v) is 5.45. The molecular formula is C21H25N3O3S2. The molecule has 0 spiro atoms. The summed E-state index contributed by atoms with van der Waals surface area (Å²) in [5.74, 6) is -0.0621. The zero-order valence-electron chi connectivity index (χ0n) is 16.2. The lowest BCUT2D eigenvalue weighted by Gasteiger charge is -2.37. The number of hydrogen-bond acceptors (Lipinski definition) is 5. The van der Waals surface area contributed by atoms with Crippen molar-refractivity contribution < 1.29 is 14.4 Å². The highest BCUT2D eigenvalue weighted by molar-refractivity contribution is 7.12. The molecule has 4 heterocycles. The predicted octanol–water partition coefficient (Wildman–Crippen LogP) is 3.08. The molecular weight excluding hydrogens is 406 g/mol. The molecule has 0 aliphatic carbocycles. The number of nitrogens with zero attached hydrogens (tertiary/aromatic N) is 2. The fourth-order valence-electron chi connectivity index (χ4n) is 4.13. The van der Waals surface area contributed by atoms with E-state index in [2.05, 4.69) is 5.32 Å². The summed E-state index contributed by atoms with van der Waals surface area (Å²) in [4.78, 5) is 43.6. The van der Waals surface area contributed by atoms with Crippen molar-refractivity contribution in [3.05, 3.63) is 44.8 Å². The number of nitrogens with one attached hydrogen (secondary N) is 1. The molecule has 2 aliphatic heterocycles. The molecule has 154 valence electrons. The number of amides is 3. The van der Waals surface area contributed by atoms with Crippen LogP contribution in [-0.2, 0) is 4.79 Å². The first-order valence-corrected chi connectivity index (χ1v) is 11.9. The molecule has 8 heteroatoms. The number of carbonyl (C=O) groups excluding carboxylic acids is 3. The molecule has 1 unspecified atom stereocenters. The molecule has 2 aromatic heterocycles. The molecule has 2 aliphatic rings. The summed E-state index contributed by atoms with van der Waals surface area (Å²) < 4.78 is 0. The fraction of sp³-hybridized carbons (Fsp3) is 0.476. The maximum atomic E-state index is 13.2. The van der Waals surface area contributed by atoms with Gasteiger partial charge in [0.2, 0.25) is 5.91 Å². The summed E-state index contributed by atoms with van der Waals surface area (Å²) in [6.45, 7) is 2.75. The first-order valence-electron chi connectivity index (χ1n) is 10.1. The molecule has 6 nitrogen and oxygen atoms in total. The lowest BCUT2D eigenvalue weighted by Crippen LogP contribution is -2.54. The van der Waals surface area contributed by atoms with Gasteiger partial charge in [0, 0.05) is 26.2 Å². The molecule has 0 radical (unpaired) electrons. The van der Waals surface area contributed by atoms with Gasteiger partial charge in [0.15, 0.2) is 0 Å². The summed E-state index contributed by atoms with van der Waals surface area (Å²) in [6.07, 6.45) is 3.47. The Morgan fingerprint density at radius 3 is 2.10 bits per heavy atom. The largest absolute Gasteiger partial charge is 0.341 e. The molecule has 0 saturated carbocycles. The second kappa shape index (κ2) is 9.09. The van der Waals surface area contributed by atoms with Crippen LogP contribution >= 0.6 is 22.7 Å². The van der Waals surface area contributed by atoms with Gasteiger partial charge in [-0.1, -0.05) is 12.1 Å². The van der Waals surface area contributed by atoms with Crippen LogP contribution in [0.5, 0.6) is 0 Å². The Morgan fingerprint density at radius 1 is 0.897 bits per heavy atom. The summed E-state index contributed by atoms with van der Waals surface area (Å²) >= 11 is 2.83. The van der Waals surface area contributed by atoms with Gasteiger partial charge in [-0.05, 0) is 54.5 Å². The third kappa shape index (κ3) is 4.53. The van der Waals surface area contributed by atoms with Crippen molar-refractivity contribution in [1.29, 1.82) is 0 Å². The smallest absolute Gasteiger partial charge is 0.263 e. The molecule has 0 bridgehead atoms. The predicted molar refractivity (Wildman–Crippen MR) is 114 cm³/mol. The normalized spacial score (nSPS) is 18.6. The average Bonchev–Trinajstić information content (AvgIpc) is 3.53. The standard InChI is InChI=1S/C21H25N3O3S2/c25-19(16-5-3-13-28-16)22-18(21(27)23-9-1-2-10-23)15-7-11-24(12-8-15)20(26)17-6-4-14-29-17/h3-6,13-15,18H,1-2,7-12H2,(H,22,25). The Hall–Kier alpha value is -2.19. The number of rotatable bonds is 5. The molecule has 29 heavy (non-hydrogen) atoms. The van der Waals surface area contributed by atoms with Gasteiger partial charge in [-0.15, -0.1) is 22.7 Å². The van der Waals surface area contributed by atoms with Crippen molar-refractivity contribution in [2.24, 2.45) is 5.92 Å². The van der Waals surface area contributed by atoms with Crippen LogP contribution in [0.25, 0.3) is 0 Å². The number of carbonyl (C=O) groups is 3. The zero-order valence-corrected chi connectivity index (χ0v) is 17.8. The van der Waals surface area contributed by atoms with Gasteiger partial charge < -0.3 is 15.1 Å². The summed E-state index contributed by atoms with van der Waals surface area (Å²) in [7, 11) is 0. The molecule has 3 amide bonds. The maximum Gasteiger partial charge on any atom is 0.263 e. The van der Waals surface area contributed by atoms with Crippen LogP contribution in [0.1, 0.15) is 45.0 Å². The molecule has 4 rings (SSSR count). The van der Waals surface area contributed by atoms with Gasteiger partial charge in [0.05, 0.1) is 9.75 Å². The average molecular weight is 432 g/mol. The summed E-state index contributed by atoms with van der Waals surface area (Å²) in [5, 5.41) is 6.79. The topological polar surface area (TPSA) is 69.7 Å². The molecule has 2 saturated heterocycles. The van der Waals surface area contributed by atoms with E-state index in [-0.39, 0.29) is 23.6 Å². The van der Waals surface area contributed by atoms with Crippen LogP contribution in [0.3, 0.4) is 0 Å². The third-order valence-electron chi connectivity index (χ3n) is 5.75. The third-order valence-corrected chi connectivity index (χ3v) is 7.47. The van der Waals surface area contributed by atoms with E-state index in [1.807, 2.05) is 38.8 Å². The van der Waals surface area contributed by atoms with Crippen molar-refractivity contribution in [3.8, 4) is 0 Å². The van der Waals surface area contributed by atoms with Crippen molar-refractivity contribution in [1.82, 2.24) is 15.1 Å². The maximum absolute atomic E-state index is 13.2. The number of thiophene rings is 2. The highest BCUT2D eigenvalue weighted by Crippen LogP contribution is 2.26. The lowest BCUT2D eigenvalue weighted by molar-refractivity contribution is -0.134. The summed E-state index contributed by atoms with van der Waals surface area (Å²) in [5.41, 5.74) is 0. The van der Waals surface area contributed by atoms with Crippen molar-refractivity contribution in [3.63, 3.8) is 0 Å². The SMILES string of the molecule is O=C(NC(C(=O)N1CCCC1)C1CCN(C(=O)c2cccs2)CC1)c1cccs1. The zero-order chi connectivity index (χ0) is 20.2. The second-order valence-electron chi connectivity index (χ2n) is 7.57. The van der Waals surface area contributed by atoms with E-state index >= 15 is 0 Å². The van der Waals surface area contributed by atoms with Gasteiger partial charge in [-0.3, -0.25) is 14.4 Å². The van der Waals surface area contributed by atoms with E-state index in [0.717, 1.165) is 30.8 Å². The Labute approximate surface area is 178 Å². The van der Waals surface area contributed by atoms with Gasteiger partial charge >= 0.3 is 0 Å². The Balaban J connectivity index is 1.44. The van der Waals surface area contributed by atoms with Gasteiger partial charge in [0.25, 0.3) is 11.8 Å². The van der Waals surface area contributed by atoms with E-state index in [1.54, 1.807) is 6.07 Å². The van der Waals surface area contributed by atoms with E-state index in [0.29, 0.717) is 30.8 Å². The van der Waals surface area contributed by atoms with Crippen LogP contribution in [0, 0.1) is 5.92 Å². The van der Waals surface area contributed by atoms with Crippen LogP contribution in [0.2, 0.25) is 0 Å². The van der Waals surface area contributed by atoms with Gasteiger partial charge in [-0.25, -0.2) is 0 Å². The van der Waals surface area contributed by atoms with E-state index in [1.165, 1.54) is 22.7 Å². The van der Waals surface area contributed by atoms with E-state index in [9.17, 15) is 14.4 Å². The van der Waals surface area contributed by atoms with Crippen molar-refractivity contribution >= 4 is 40.4 Å². The molecule has 0 aromatic carbocycles. The summed E-state index contributed by atoms with van der Waals surface area (Å²) in [6, 6.07) is 6.82. The monoisotopic (exact) mass is 431 g/mol. The van der Waals surface area contributed by atoms with Crippen LogP contribution < -0.4 is 5.32 Å². The Bertz CT molecular complexity index is 837. The highest BCUT2D eigenvalue weighted by atomic mass is 32.1. The molecule has 2 fully saturated rings. The van der Waals surface area contributed by atoms with Crippen LogP contribution in [0.15, 0.2) is 35.0 Å². The van der Waals surface area contributed by atoms with Gasteiger partial charge in [0.1, 0.15) is 6.04 Å². The quantitative estimate of drug-likeness (QED) is 0.791. The number of hydrogen-bond donors (Lipinski definition) is 1. The molecule has 1 atom stereocenters. The Morgan fingerprint density at radius 2 is 1.52 bits per heavy atom. The number of piperidine rings is 1. The first-order chi connectivity index (χ1) is 14.1. The first kappa shape index (κ1) is 20.1. The van der Waals surface area contributed by atoms with E-state index in [4.69, 9.17) is 0 Å². The van der Waals surface area contributed by atoms with Gasteiger partial charge in [-0.2, -0.15) is 0 Å². The number of likely N-dealkylation sites (tertiary alicyclic amines) is 2. The van der Waals surface area contributed by atoms with Crippen molar-refractivity contribution in [2.75, 3.05) is 26.2 Å². The molecule has 1 N–H and O–H groups in total. The van der Waals surface area contributed by atoms with Crippen LogP contribution in [0.4, 0.5) is 0 Å². The van der Waals surface area contributed by atoms with Crippen molar-refractivity contribution in [2.45, 2.75) is 31.7 Å². The minimum absolute atomic E-state index is 0.0236.